The van der Waals surface area contributed by atoms with Gasteiger partial charge in [0.25, 0.3) is 5.91 Å². The first-order chi connectivity index (χ1) is 11.5. The highest BCUT2D eigenvalue weighted by atomic mass is 16.2. The fraction of sp³-hybridized carbons (Fsp3) is 0.294. The average molecular weight is 327 g/mol. The van der Waals surface area contributed by atoms with Crippen LogP contribution >= 0.6 is 0 Å². The first kappa shape index (κ1) is 17.4. The van der Waals surface area contributed by atoms with Gasteiger partial charge in [-0.1, -0.05) is 13.0 Å². The molecule has 0 spiro atoms. The van der Waals surface area contributed by atoms with Crippen LogP contribution in [0.2, 0.25) is 0 Å². The fourth-order valence-electron chi connectivity index (χ4n) is 1.95. The maximum atomic E-state index is 12.3. The summed E-state index contributed by atoms with van der Waals surface area (Å²) in [7, 11) is 0. The van der Waals surface area contributed by atoms with Gasteiger partial charge in [-0.3, -0.25) is 9.59 Å². The van der Waals surface area contributed by atoms with Crippen molar-refractivity contribution in [2.45, 2.75) is 33.2 Å². The van der Waals surface area contributed by atoms with Gasteiger partial charge in [0.2, 0.25) is 11.9 Å². The normalized spacial score (nSPS) is 11.5. The van der Waals surface area contributed by atoms with Crippen molar-refractivity contribution in [2.24, 2.45) is 0 Å². The van der Waals surface area contributed by atoms with Gasteiger partial charge >= 0.3 is 0 Å². The third-order valence-corrected chi connectivity index (χ3v) is 3.32. The molecule has 0 radical (unpaired) electrons. The quantitative estimate of drug-likeness (QED) is 0.758. The number of anilines is 3. The van der Waals surface area contributed by atoms with Crippen molar-refractivity contribution < 1.29 is 9.59 Å². The summed E-state index contributed by atoms with van der Waals surface area (Å²) in [6, 6.07) is 8.68. The van der Waals surface area contributed by atoms with Crippen LogP contribution in [0.4, 0.5) is 17.3 Å². The van der Waals surface area contributed by atoms with Crippen LogP contribution in [-0.2, 0) is 4.79 Å². The third-order valence-electron chi connectivity index (χ3n) is 3.32. The molecule has 0 aliphatic carbocycles. The number of rotatable bonds is 6. The fourth-order valence-corrected chi connectivity index (χ4v) is 1.95. The molecule has 1 unspecified atom stereocenters. The molecule has 7 nitrogen and oxygen atoms in total. The van der Waals surface area contributed by atoms with Gasteiger partial charge < -0.3 is 16.0 Å². The van der Waals surface area contributed by atoms with E-state index in [2.05, 4.69) is 32.8 Å². The van der Waals surface area contributed by atoms with E-state index in [1.807, 2.05) is 6.92 Å². The molecule has 0 bridgehead atoms. The molecule has 0 aliphatic heterocycles. The van der Waals surface area contributed by atoms with E-state index in [-0.39, 0.29) is 23.6 Å². The summed E-state index contributed by atoms with van der Waals surface area (Å²) < 4.78 is 0. The number of hydrogen-bond acceptors (Lipinski definition) is 5. The van der Waals surface area contributed by atoms with E-state index >= 15 is 0 Å². The Morgan fingerprint density at radius 1 is 1.17 bits per heavy atom. The molecule has 1 aromatic heterocycles. The summed E-state index contributed by atoms with van der Waals surface area (Å²) in [6.07, 6.45) is 2.47. The van der Waals surface area contributed by atoms with Crippen molar-refractivity contribution >= 4 is 29.1 Å². The molecule has 1 aromatic carbocycles. The molecule has 7 heteroatoms. The predicted molar refractivity (Wildman–Crippen MR) is 94.1 cm³/mol. The summed E-state index contributed by atoms with van der Waals surface area (Å²) >= 11 is 0. The van der Waals surface area contributed by atoms with Crippen molar-refractivity contribution in [1.82, 2.24) is 9.97 Å². The minimum atomic E-state index is -0.343. The number of hydrogen-bond donors (Lipinski definition) is 3. The van der Waals surface area contributed by atoms with E-state index < -0.39 is 0 Å². The van der Waals surface area contributed by atoms with Crippen molar-refractivity contribution in [3.05, 3.63) is 42.2 Å². The summed E-state index contributed by atoms with van der Waals surface area (Å²) in [5.41, 5.74) is 1.45. The van der Waals surface area contributed by atoms with Gasteiger partial charge in [0.05, 0.1) is 0 Å². The lowest BCUT2D eigenvalue weighted by atomic mass is 10.2. The Hall–Kier alpha value is -2.96. The van der Waals surface area contributed by atoms with Gasteiger partial charge in [0.15, 0.2) is 0 Å². The molecule has 1 heterocycles. The topological polar surface area (TPSA) is 96.0 Å². The monoisotopic (exact) mass is 327 g/mol. The van der Waals surface area contributed by atoms with E-state index in [4.69, 9.17) is 0 Å². The van der Waals surface area contributed by atoms with Crippen LogP contribution in [0.1, 0.15) is 37.7 Å². The molecule has 1 atom stereocenters. The molecule has 2 rings (SSSR count). The molecule has 0 fully saturated rings. The van der Waals surface area contributed by atoms with Gasteiger partial charge in [0.1, 0.15) is 5.69 Å². The summed E-state index contributed by atoms with van der Waals surface area (Å²) in [5.74, 6) is -0.0939. The van der Waals surface area contributed by atoms with E-state index in [0.29, 0.717) is 17.3 Å². The van der Waals surface area contributed by atoms with Crippen LogP contribution < -0.4 is 16.0 Å². The van der Waals surface area contributed by atoms with Gasteiger partial charge in [-0.15, -0.1) is 0 Å². The number of nitrogens with zero attached hydrogens (tertiary/aromatic N) is 2. The van der Waals surface area contributed by atoms with Crippen LogP contribution in [0.3, 0.4) is 0 Å². The molecule has 2 aromatic rings. The molecule has 3 N–H and O–H groups in total. The van der Waals surface area contributed by atoms with Crippen molar-refractivity contribution in [1.29, 1.82) is 0 Å². The lowest BCUT2D eigenvalue weighted by Crippen LogP contribution is -2.19. The Bertz CT molecular complexity index is 732. The standard InChI is InChI=1S/C17H21N5O2/c1-4-11(2)19-17-18-9-8-15(22-17)16(24)21-14-7-5-6-13(10-14)20-12(3)23/h5-11H,4H2,1-3H3,(H,20,23)(H,21,24)(H,18,19,22). The second kappa shape index (κ2) is 8.05. The molecule has 126 valence electrons. The van der Waals surface area contributed by atoms with E-state index in [1.165, 1.54) is 6.92 Å². The average Bonchev–Trinajstić information content (AvgIpc) is 2.54. The molecule has 24 heavy (non-hydrogen) atoms. The van der Waals surface area contributed by atoms with Crippen molar-refractivity contribution in [3.63, 3.8) is 0 Å². The molecule has 0 aliphatic rings. The molecule has 0 saturated carbocycles. The highest BCUT2D eigenvalue weighted by molar-refractivity contribution is 6.03. The molecular formula is C17H21N5O2. The van der Waals surface area contributed by atoms with Crippen molar-refractivity contribution in [3.8, 4) is 0 Å². The molecule has 0 saturated heterocycles. The molecule has 2 amide bonds. The number of nitrogens with one attached hydrogen (secondary N) is 3. The zero-order valence-corrected chi connectivity index (χ0v) is 14.0. The second-order valence-electron chi connectivity index (χ2n) is 5.44. The number of benzene rings is 1. The highest BCUT2D eigenvalue weighted by Crippen LogP contribution is 2.16. The van der Waals surface area contributed by atoms with Crippen LogP contribution in [0.15, 0.2) is 36.5 Å². The summed E-state index contributed by atoms with van der Waals surface area (Å²) in [6.45, 7) is 5.50. The van der Waals surface area contributed by atoms with Crippen LogP contribution in [0, 0.1) is 0 Å². The van der Waals surface area contributed by atoms with Gasteiger partial charge in [-0.25, -0.2) is 9.97 Å². The van der Waals surface area contributed by atoms with Gasteiger partial charge in [-0.2, -0.15) is 0 Å². The number of carbonyl (C=O) groups is 2. The van der Waals surface area contributed by atoms with E-state index in [1.54, 1.807) is 36.5 Å². The zero-order valence-electron chi connectivity index (χ0n) is 14.0. The van der Waals surface area contributed by atoms with Gasteiger partial charge in [0, 0.05) is 30.5 Å². The smallest absolute Gasteiger partial charge is 0.274 e. The van der Waals surface area contributed by atoms with E-state index in [9.17, 15) is 9.59 Å². The van der Waals surface area contributed by atoms with E-state index in [0.717, 1.165) is 6.42 Å². The Morgan fingerprint density at radius 3 is 2.54 bits per heavy atom. The lowest BCUT2D eigenvalue weighted by Gasteiger charge is -2.12. The van der Waals surface area contributed by atoms with Crippen molar-refractivity contribution in [2.75, 3.05) is 16.0 Å². The zero-order chi connectivity index (χ0) is 17.5. The first-order valence-corrected chi connectivity index (χ1v) is 7.76. The first-order valence-electron chi connectivity index (χ1n) is 7.76. The largest absolute Gasteiger partial charge is 0.352 e. The van der Waals surface area contributed by atoms with Crippen LogP contribution in [-0.4, -0.2) is 27.8 Å². The Labute approximate surface area is 140 Å². The minimum Gasteiger partial charge on any atom is -0.352 e. The Balaban J connectivity index is 2.09. The predicted octanol–water partition coefficient (Wildman–Crippen LogP) is 2.90. The Kier molecular flexibility index (Phi) is 5.83. The third kappa shape index (κ3) is 5.05. The van der Waals surface area contributed by atoms with Crippen LogP contribution in [0.5, 0.6) is 0 Å². The minimum absolute atomic E-state index is 0.171. The summed E-state index contributed by atoms with van der Waals surface area (Å²) in [4.78, 5) is 31.8. The second-order valence-corrected chi connectivity index (χ2v) is 5.44. The van der Waals surface area contributed by atoms with Gasteiger partial charge in [-0.05, 0) is 37.6 Å². The Morgan fingerprint density at radius 2 is 1.88 bits per heavy atom. The summed E-state index contributed by atoms with van der Waals surface area (Å²) in [5, 5.41) is 8.56. The lowest BCUT2D eigenvalue weighted by molar-refractivity contribution is -0.114. The number of aromatic nitrogens is 2. The number of amides is 2. The van der Waals surface area contributed by atoms with Crippen LogP contribution in [0.25, 0.3) is 0 Å². The SMILES string of the molecule is CCC(C)Nc1nccc(C(=O)Nc2cccc(NC(C)=O)c2)n1. The molecular weight excluding hydrogens is 306 g/mol. The number of carbonyl (C=O) groups excluding carboxylic acids is 2. The maximum Gasteiger partial charge on any atom is 0.274 e. The highest BCUT2D eigenvalue weighted by Gasteiger charge is 2.10. The maximum absolute atomic E-state index is 12.3.